The van der Waals surface area contributed by atoms with E-state index in [1.165, 1.54) is 10.9 Å². The molecule has 1 aliphatic rings. The summed E-state index contributed by atoms with van der Waals surface area (Å²) in [5.74, 6) is 0.0978. The van der Waals surface area contributed by atoms with E-state index in [9.17, 15) is 9.59 Å². The predicted molar refractivity (Wildman–Crippen MR) is 110 cm³/mol. The van der Waals surface area contributed by atoms with Gasteiger partial charge in [0, 0.05) is 17.8 Å². The largest absolute Gasteiger partial charge is 0.488 e. The lowest BCUT2D eigenvalue weighted by molar-refractivity contribution is 0.0995. The van der Waals surface area contributed by atoms with Gasteiger partial charge in [-0.15, -0.1) is 0 Å². The zero-order valence-electron chi connectivity index (χ0n) is 16.6. The van der Waals surface area contributed by atoms with E-state index in [2.05, 4.69) is 24.9 Å². The summed E-state index contributed by atoms with van der Waals surface area (Å²) in [5.41, 5.74) is 7.03. The second-order valence-corrected chi connectivity index (χ2v) is 7.23. The van der Waals surface area contributed by atoms with Gasteiger partial charge in [-0.3, -0.25) is 9.78 Å². The van der Waals surface area contributed by atoms with Crippen molar-refractivity contribution in [1.29, 1.82) is 0 Å². The molecule has 5 rings (SSSR count). The van der Waals surface area contributed by atoms with Gasteiger partial charge in [0.15, 0.2) is 11.5 Å². The fourth-order valence-corrected chi connectivity index (χ4v) is 3.66. The van der Waals surface area contributed by atoms with Crippen LogP contribution in [0.25, 0.3) is 28.2 Å². The van der Waals surface area contributed by atoms with E-state index in [4.69, 9.17) is 15.2 Å². The summed E-state index contributed by atoms with van der Waals surface area (Å²) < 4.78 is 13.3. The number of fused-ring (bicyclic) bond motifs is 3. The number of rotatable bonds is 2. The van der Waals surface area contributed by atoms with Gasteiger partial charge in [-0.25, -0.2) is 19.3 Å². The Labute approximate surface area is 175 Å². The first-order chi connectivity index (χ1) is 15.0. The number of nitrogens with two attached hydrogens (primary N) is 1. The average Bonchev–Trinajstić information content (AvgIpc) is 3.37. The lowest BCUT2D eigenvalue weighted by atomic mass is 10.1. The minimum atomic E-state index is -0.688. The molecule has 4 aromatic heterocycles. The van der Waals surface area contributed by atoms with Crippen molar-refractivity contribution in [3.63, 3.8) is 0 Å². The van der Waals surface area contributed by atoms with Crippen LogP contribution in [0.15, 0.2) is 35.6 Å². The SMILES string of the molecule is CC1CCCOc2nc(c(-c3cnc[nH]3)cc2C(N)=O)-n2c(=O)[nH]c3nccc(c32)O1. The van der Waals surface area contributed by atoms with Gasteiger partial charge in [-0.1, -0.05) is 0 Å². The molecule has 4 aromatic rings. The number of carbonyl (C=O) groups is 1. The molecule has 11 heteroatoms. The maximum atomic E-state index is 13.0. The molecule has 1 unspecified atom stereocenters. The predicted octanol–water partition coefficient (Wildman–Crippen LogP) is 1.54. The zero-order chi connectivity index (χ0) is 21.5. The van der Waals surface area contributed by atoms with Gasteiger partial charge in [0.05, 0.1) is 30.9 Å². The van der Waals surface area contributed by atoms with Crippen LogP contribution >= 0.6 is 0 Å². The van der Waals surface area contributed by atoms with Crippen molar-refractivity contribution in [2.75, 3.05) is 6.61 Å². The Bertz CT molecular complexity index is 1340. The number of nitrogens with zero attached hydrogens (tertiary/aromatic N) is 4. The molecule has 0 saturated carbocycles. The van der Waals surface area contributed by atoms with Gasteiger partial charge in [0.2, 0.25) is 5.88 Å². The monoisotopic (exact) mass is 421 g/mol. The third kappa shape index (κ3) is 3.19. The van der Waals surface area contributed by atoms with Crippen molar-refractivity contribution in [2.24, 2.45) is 5.73 Å². The van der Waals surface area contributed by atoms with Crippen LogP contribution in [0.2, 0.25) is 0 Å². The fraction of sp³-hybridized carbons (Fsp3) is 0.250. The summed E-state index contributed by atoms with van der Waals surface area (Å²) in [5, 5.41) is 0. The van der Waals surface area contributed by atoms with Gasteiger partial charge >= 0.3 is 5.69 Å². The average molecular weight is 421 g/mol. The Morgan fingerprint density at radius 1 is 1.39 bits per heavy atom. The lowest BCUT2D eigenvalue weighted by Crippen LogP contribution is -2.22. The fourth-order valence-electron chi connectivity index (χ4n) is 3.66. The molecule has 1 amide bonds. The van der Waals surface area contributed by atoms with Gasteiger partial charge in [-0.05, 0) is 25.8 Å². The molecule has 1 aliphatic heterocycles. The Hall–Kier alpha value is -4.15. The summed E-state index contributed by atoms with van der Waals surface area (Å²) in [6, 6.07) is 3.25. The summed E-state index contributed by atoms with van der Waals surface area (Å²) >= 11 is 0. The van der Waals surface area contributed by atoms with Crippen LogP contribution in [-0.2, 0) is 0 Å². The number of nitrogens with one attached hydrogen (secondary N) is 2. The maximum absolute atomic E-state index is 13.0. The minimum absolute atomic E-state index is 0.0617. The number of pyridine rings is 2. The lowest BCUT2D eigenvalue weighted by Gasteiger charge is -2.19. The molecular weight excluding hydrogens is 402 g/mol. The molecule has 0 saturated heterocycles. The summed E-state index contributed by atoms with van der Waals surface area (Å²) in [4.78, 5) is 43.7. The number of aromatic nitrogens is 6. The van der Waals surface area contributed by atoms with Crippen molar-refractivity contribution >= 4 is 17.1 Å². The van der Waals surface area contributed by atoms with E-state index in [0.717, 1.165) is 0 Å². The third-order valence-electron chi connectivity index (χ3n) is 5.09. The molecule has 2 bridgehead atoms. The van der Waals surface area contributed by atoms with Crippen LogP contribution in [0.3, 0.4) is 0 Å². The number of imidazole rings is 2. The minimum Gasteiger partial charge on any atom is -0.488 e. The summed E-state index contributed by atoms with van der Waals surface area (Å²) in [7, 11) is 0. The first-order valence-electron chi connectivity index (χ1n) is 9.76. The van der Waals surface area contributed by atoms with Crippen molar-refractivity contribution in [1.82, 2.24) is 29.5 Å². The normalized spacial score (nSPS) is 16.1. The molecule has 158 valence electrons. The first-order valence-corrected chi connectivity index (χ1v) is 9.76. The number of aromatic amines is 2. The molecule has 0 aliphatic carbocycles. The molecule has 4 N–H and O–H groups in total. The van der Waals surface area contributed by atoms with E-state index in [-0.39, 0.29) is 23.4 Å². The van der Waals surface area contributed by atoms with Crippen molar-refractivity contribution in [3.05, 3.63) is 46.9 Å². The second-order valence-electron chi connectivity index (χ2n) is 7.23. The Morgan fingerprint density at radius 3 is 3.03 bits per heavy atom. The Morgan fingerprint density at radius 2 is 2.26 bits per heavy atom. The molecule has 31 heavy (non-hydrogen) atoms. The van der Waals surface area contributed by atoms with Crippen LogP contribution in [-0.4, -0.2) is 48.1 Å². The van der Waals surface area contributed by atoms with Gasteiger partial charge in [0.1, 0.15) is 16.8 Å². The van der Waals surface area contributed by atoms with Crippen LogP contribution in [0.4, 0.5) is 0 Å². The van der Waals surface area contributed by atoms with Crippen LogP contribution in [0.5, 0.6) is 11.6 Å². The zero-order valence-corrected chi connectivity index (χ0v) is 16.6. The summed E-state index contributed by atoms with van der Waals surface area (Å²) in [6.45, 7) is 2.25. The molecule has 0 radical (unpaired) electrons. The topological polar surface area (TPSA) is 154 Å². The van der Waals surface area contributed by atoms with E-state index in [1.807, 2.05) is 6.92 Å². The van der Waals surface area contributed by atoms with Gasteiger partial charge in [-0.2, -0.15) is 4.98 Å². The second kappa shape index (κ2) is 7.27. The first kappa shape index (κ1) is 18.9. The number of hydrogen-bond acceptors (Lipinski definition) is 7. The van der Waals surface area contributed by atoms with Crippen LogP contribution in [0, 0.1) is 0 Å². The van der Waals surface area contributed by atoms with E-state index in [1.54, 1.807) is 24.5 Å². The van der Waals surface area contributed by atoms with Crippen LogP contribution in [0.1, 0.15) is 30.1 Å². The molecular formula is C20H19N7O4. The highest BCUT2D eigenvalue weighted by Gasteiger charge is 2.25. The van der Waals surface area contributed by atoms with Crippen molar-refractivity contribution < 1.29 is 14.3 Å². The standard InChI is InChI=1S/C20H19N7O4/c1-10-3-2-6-30-19-12(16(21)28)7-11(13-8-22-9-24-13)18(26-19)27-15-14(31-10)4-5-23-17(15)25-20(27)29/h4-5,7-10H,2-3,6H2,1H3,(H2,21,28)(H,22,24)(H,23,25,29). The van der Waals surface area contributed by atoms with Crippen LogP contribution < -0.4 is 20.9 Å². The van der Waals surface area contributed by atoms with Gasteiger partial charge in [0.25, 0.3) is 5.91 Å². The van der Waals surface area contributed by atoms with E-state index < -0.39 is 11.6 Å². The van der Waals surface area contributed by atoms with Crippen molar-refractivity contribution in [3.8, 4) is 28.7 Å². The number of H-pyrrole nitrogens is 2. The number of carbonyl (C=O) groups excluding carboxylic acids is 1. The number of ether oxygens (including phenoxy) is 2. The van der Waals surface area contributed by atoms with Gasteiger partial charge < -0.3 is 20.2 Å². The number of primary amides is 1. The Balaban J connectivity index is 1.89. The molecule has 11 nitrogen and oxygen atoms in total. The van der Waals surface area contributed by atoms with E-state index >= 15 is 0 Å². The van der Waals surface area contributed by atoms with E-state index in [0.29, 0.717) is 47.6 Å². The molecule has 5 heterocycles. The smallest absolute Gasteiger partial charge is 0.333 e. The summed E-state index contributed by atoms with van der Waals surface area (Å²) in [6.07, 6.45) is 5.86. The highest BCUT2D eigenvalue weighted by molar-refractivity contribution is 5.97. The Kier molecular flexibility index (Phi) is 4.42. The highest BCUT2D eigenvalue weighted by Crippen LogP contribution is 2.33. The molecule has 0 fully saturated rings. The number of hydrogen-bond donors (Lipinski definition) is 3. The third-order valence-corrected chi connectivity index (χ3v) is 5.09. The highest BCUT2D eigenvalue weighted by atomic mass is 16.5. The number of amides is 1. The maximum Gasteiger partial charge on any atom is 0.333 e. The molecule has 0 aromatic carbocycles. The molecule has 1 atom stereocenters. The molecule has 0 spiro atoms. The quantitative estimate of drug-likeness (QED) is 0.443. The van der Waals surface area contributed by atoms with Crippen molar-refractivity contribution in [2.45, 2.75) is 25.9 Å².